The number of aliphatic hydroxyl groups is 1. The quantitative estimate of drug-likeness (QED) is 0.320. The van der Waals surface area contributed by atoms with E-state index in [1.807, 2.05) is 0 Å². The highest BCUT2D eigenvalue weighted by atomic mass is 16.6. The molecule has 4 atom stereocenters. The van der Waals surface area contributed by atoms with Crippen LogP contribution in [0.25, 0.3) is 0 Å². The Labute approximate surface area is 164 Å². The lowest BCUT2D eigenvalue weighted by Crippen LogP contribution is -2.44. The second kappa shape index (κ2) is 9.61. The van der Waals surface area contributed by atoms with Crippen LogP contribution in [0, 0.1) is 5.92 Å². The fourth-order valence-corrected chi connectivity index (χ4v) is 3.34. The Balaban J connectivity index is 2.61. The predicted molar refractivity (Wildman–Crippen MR) is 101 cm³/mol. The van der Waals surface area contributed by atoms with E-state index in [-0.39, 0.29) is 24.4 Å². The highest BCUT2D eigenvalue weighted by molar-refractivity contribution is 5.92. The summed E-state index contributed by atoms with van der Waals surface area (Å²) < 4.78 is 16.8. The van der Waals surface area contributed by atoms with E-state index in [2.05, 4.69) is 13.2 Å². The molecule has 28 heavy (non-hydrogen) atoms. The first-order valence-electron chi connectivity index (χ1n) is 9.17. The zero-order chi connectivity index (χ0) is 20.8. The number of hydrogen-bond acceptors (Lipinski definition) is 7. The standard InChI is InChI=1S/C21H26O7/c1-5-26-18-15(11-23)8-6-7-14(10-22)9-16-17(13(4)21(25)27-16)19(18)28-20(24)12(2)3/h8-9,11,16-19,22H,2,4-7,10H2,1,3H3/b14-9-,15-8-. The van der Waals surface area contributed by atoms with Crippen molar-refractivity contribution in [2.45, 2.75) is 45.0 Å². The molecule has 0 spiro atoms. The van der Waals surface area contributed by atoms with Crippen LogP contribution in [-0.2, 0) is 28.6 Å². The zero-order valence-corrected chi connectivity index (χ0v) is 16.2. The molecule has 7 heteroatoms. The number of aliphatic hydroxyl groups excluding tert-OH is 1. The Kier molecular flexibility index (Phi) is 7.48. The van der Waals surface area contributed by atoms with Gasteiger partial charge in [0.15, 0.2) is 0 Å². The lowest BCUT2D eigenvalue weighted by molar-refractivity contribution is -0.156. The predicted octanol–water partition coefficient (Wildman–Crippen LogP) is 1.81. The monoisotopic (exact) mass is 390 g/mol. The van der Waals surface area contributed by atoms with E-state index in [0.29, 0.717) is 30.3 Å². The molecule has 152 valence electrons. The fraction of sp³-hybridized carbons (Fsp3) is 0.476. The molecule has 4 unspecified atom stereocenters. The first-order valence-corrected chi connectivity index (χ1v) is 9.17. The largest absolute Gasteiger partial charge is 0.455 e. The Morgan fingerprint density at radius 3 is 2.75 bits per heavy atom. The number of fused-ring (bicyclic) bond motifs is 1. The van der Waals surface area contributed by atoms with Crippen LogP contribution in [-0.4, -0.2) is 54.9 Å². The van der Waals surface area contributed by atoms with E-state index in [0.717, 1.165) is 0 Å². The molecule has 0 aromatic carbocycles. The minimum absolute atomic E-state index is 0.119. The Hall–Kier alpha value is -2.51. The molecular formula is C21H26O7. The van der Waals surface area contributed by atoms with Crippen LogP contribution in [0.1, 0.15) is 26.7 Å². The van der Waals surface area contributed by atoms with Crippen LogP contribution in [0.2, 0.25) is 0 Å². The molecule has 1 aliphatic heterocycles. The number of carbonyl (C=O) groups is 3. The van der Waals surface area contributed by atoms with Crippen LogP contribution in [0.3, 0.4) is 0 Å². The van der Waals surface area contributed by atoms with E-state index >= 15 is 0 Å². The maximum Gasteiger partial charge on any atom is 0.334 e. The first kappa shape index (κ1) is 21.8. The van der Waals surface area contributed by atoms with Crippen molar-refractivity contribution in [2.75, 3.05) is 13.2 Å². The number of aldehydes is 1. The summed E-state index contributed by atoms with van der Waals surface area (Å²) in [5.74, 6) is -2.06. The molecule has 2 aliphatic rings. The SMILES string of the molecule is C=C(C)C(=O)OC1C(OCC)/C(C=O)=C\CC/C(CO)=C/C2OC(=O)C(=C)C21. The molecule has 7 nitrogen and oxygen atoms in total. The number of hydrogen-bond donors (Lipinski definition) is 1. The van der Waals surface area contributed by atoms with E-state index < -0.39 is 36.2 Å². The second-order valence-electron chi connectivity index (χ2n) is 6.79. The number of carbonyl (C=O) groups excluding carboxylic acids is 3. The van der Waals surface area contributed by atoms with Gasteiger partial charge in [0.1, 0.15) is 24.6 Å². The van der Waals surface area contributed by atoms with Gasteiger partial charge >= 0.3 is 11.9 Å². The van der Waals surface area contributed by atoms with Gasteiger partial charge in [-0.25, -0.2) is 9.59 Å². The van der Waals surface area contributed by atoms with Crippen molar-refractivity contribution in [1.82, 2.24) is 0 Å². The molecule has 0 radical (unpaired) electrons. The molecular weight excluding hydrogens is 364 g/mol. The fourth-order valence-electron chi connectivity index (χ4n) is 3.34. The van der Waals surface area contributed by atoms with E-state index in [1.165, 1.54) is 6.92 Å². The molecule has 1 fully saturated rings. The van der Waals surface area contributed by atoms with Crippen LogP contribution in [0.5, 0.6) is 0 Å². The molecule has 0 aromatic rings. The summed E-state index contributed by atoms with van der Waals surface area (Å²) >= 11 is 0. The van der Waals surface area contributed by atoms with Crippen molar-refractivity contribution in [2.24, 2.45) is 5.92 Å². The Morgan fingerprint density at radius 2 is 2.18 bits per heavy atom. The third kappa shape index (κ3) is 4.66. The first-order chi connectivity index (χ1) is 13.3. The van der Waals surface area contributed by atoms with Crippen LogP contribution in [0.15, 0.2) is 47.6 Å². The summed E-state index contributed by atoms with van der Waals surface area (Å²) in [5, 5.41) is 9.62. The van der Waals surface area contributed by atoms with Crippen molar-refractivity contribution in [3.8, 4) is 0 Å². The summed E-state index contributed by atoms with van der Waals surface area (Å²) in [5.41, 5.74) is 1.24. The van der Waals surface area contributed by atoms with Gasteiger partial charge in [0.05, 0.1) is 12.5 Å². The smallest absolute Gasteiger partial charge is 0.334 e. The average molecular weight is 390 g/mol. The van der Waals surface area contributed by atoms with Crippen molar-refractivity contribution >= 4 is 18.2 Å². The minimum atomic E-state index is -1.03. The lowest BCUT2D eigenvalue weighted by atomic mass is 9.83. The van der Waals surface area contributed by atoms with Crippen molar-refractivity contribution in [3.05, 3.63) is 47.6 Å². The molecule has 0 aromatic heterocycles. The number of esters is 2. The summed E-state index contributed by atoms with van der Waals surface area (Å²) in [6, 6.07) is 0. The molecule has 1 saturated heterocycles. The molecule has 1 aliphatic carbocycles. The summed E-state index contributed by atoms with van der Waals surface area (Å²) in [7, 11) is 0. The third-order valence-electron chi connectivity index (χ3n) is 4.76. The average Bonchev–Trinajstić information content (AvgIpc) is 2.94. The summed E-state index contributed by atoms with van der Waals surface area (Å²) in [4.78, 5) is 36.3. The van der Waals surface area contributed by atoms with Crippen LogP contribution in [0.4, 0.5) is 0 Å². The van der Waals surface area contributed by atoms with Gasteiger partial charge in [0.25, 0.3) is 0 Å². The van der Waals surface area contributed by atoms with Gasteiger partial charge in [-0.05, 0) is 38.3 Å². The van der Waals surface area contributed by atoms with Crippen molar-refractivity contribution in [3.63, 3.8) is 0 Å². The topological polar surface area (TPSA) is 99.1 Å². The lowest BCUT2D eigenvalue weighted by Gasteiger charge is -2.33. The third-order valence-corrected chi connectivity index (χ3v) is 4.76. The van der Waals surface area contributed by atoms with Gasteiger partial charge in [-0.3, -0.25) is 4.79 Å². The van der Waals surface area contributed by atoms with Crippen molar-refractivity contribution < 1.29 is 33.7 Å². The second-order valence-corrected chi connectivity index (χ2v) is 6.79. The molecule has 0 bridgehead atoms. The number of allylic oxidation sites excluding steroid dienone is 1. The number of rotatable bonds is 6. The Bertz CT molecular complexity index is 731. The van der Waals surface area contributed by atoms with Gasteiger partial charge in [0.2, 0.25) is 0 Å². The summed E-state index contributed by atoms with van der Waals surface area (Å²) in [6.45, 7) is 10.7. The van der Waals surface area contributed by atoms with Crippen LogP contribution >= 0.6 is 0 Å². The Morgan fingerprint density at radius 1 is 1.46 bits per heavy atom. The van der Waals surface area contributed by atoms with E-state index in [1.54, 1.807) is 19.1 Å². The van der Waals surface area contributed by atoms with E-state index in [4.69, 9.17) is 14.2 Å². The highest BCUT2D eigenvalue weighted by Crippen LogP contribution is 2.37. The van der Waals surface area contributed by atoms with Gasteiger partial charge in [0, 0.05) is 23.3 Å². The number of ether oxygens (including phenoxy) is 3. The molecule has 0 amide bonds. The normalized spacial score (nSPS) is 31.5. The maximum absolute atomic E-state index is 12.3. The van der Waals surface area contributed by atoms with Gasteiger partial charge in [-0.2, -0.15) is 0 Å². The summed E-state index contributed by atoms with van der Waals surface area (Å²) in [6.07, 6.45) is 2.24. The molecule has 0 saturated carbocycles. The van der Waals surface area contributed by atoms with E-state index in [9.17, 15) is 19.5 Å². The highest BCUT2D eigenvalue weighted by Gasteiger charge is 2.48. The van der Waals surface area contributed by atoms with Gasteiger partial charge < -0.3 is 19.3 Å². The van der Waals surface area contributed by atoms with Crippen LogP contribution < -0.4 is 0 Å². The van der Waals surface area contributed by atoms with Gasteiger partial charge in [-0.1, -0.05) is 19.2 Å². The molecule has 1 N–H and O–H groups in total. The maximum atomic E-state index is 12.3. The zero-order valence-electron chi connectivity index (χ0n) is 16.2. The molecule has 2 rings (SSSR count). The van der Waals surface area contributed by atoms with Crippen molar-refractivity contribution in [1.29, 1.82) is 0 Å². The molecule has 1 heterocycles. The minimum Gasteiger partial charge on any atom is -0.455 e. The van der Waals surface area contributed by atoms with Gasteiger partial charge in [-0.15, -0.1) is 0 Å².